The molecular formula is C42H71N5O8. The summed E-state index contributed by atoms with van der Waals surface area (Å²) in [6, 6.07) is 7.71. The first kappa shape index (κ1) is 47.6. The summed E-state index contributed by atoms with van der Waals surface area (Å²) in [6.07, 6.45) is 2.73. The number of esters is 1. The smallest absolute Gasteiger partial charge is 0.329 e. The minimum atomic E-state index is -0.920. The predicted octanol–water partition coefficient (Wildman–Crippen LogP) is 4.26. The van der Waals surface area contributed by atoms with Crippen LogP contribution in [0.4, 0.5) is 0 Å². The van der Waals surface area contributed by atoms with Crippen LogP contribution in [0, 0.1) is 11.8 Å². The molecule has 312 valence electrons. The molecule has 7 unspecified atom stereocenters. The van der Waals surface area contributed by atoms with Crippen molar-refractivity contribution < 1.29 is 38.2 Å². The Morgan fingerprint density at radius 3 is 2.18 bits per heavy atom. The molecule has 1 aliphatic rings. The molecule has 1 heterocycles. The van der Waals surface area contributed by atoms with Gasteiger partial charge >= 0.3 is 5.97 Å². The average molecular weight is 774 g/mol. The van der Waals surface area contributed by atoms with Crippen molar-refractivity contribution in [1.82, 2.24) is 25.8 Å². The lowest BCUT2D eigenvalue weighted by Gasteiger charge is -2.41. The maximum absolute atomic E-state index is 14.3. The molecular weight excluding hydrogens is 702 g/mol. The molecule has 0 bridgehead atoms. The van der Waals surface area contributed by atoms with E-state index in [1.165, 1.54) is 7.11 Å². The third-order valence-corrected chi connectivity index (χ3v) is 10.8. The lowest BCUT2D eigenvalue weighted by Crippen LogP contribution is -2.57. The van der Waals surface area contributed by atoms with E-state index in [1.54, 1.807) is 65.5 Å². The maximum atomic E-state index is 14.3. The number of ether oxygens (including phenoxy) is 3. The zero-order valence-corrected chi connectivity index (χ0v) is 35.7. The lowest BCUT2D eigenvalue weighted by atomic mass is 9.89. The Hall–Kier alpha value is -3.55. The minimum Gasteiger partial charge on any atom is -0.458 e. The van der Waals surface area contributed by atoms with Crippen LogP contribution in [0.2, 0.25) is 0 Å². The summed E-state index contributed by atoms with van der Waals surface area (Å²) in [7, 11) is 4.79. The number of carbonyl (C=O) groups excluding carboxylic acids is 5. The van der Waals surface area contributed by atoms with Gasteiger partial charge in [0.15, 0.2) is 0 Å². The number of hydrogen-bond acceptors (Lipinski definition) is 9. The number of carbonyl (C=O) groups is 5. The number of hydrogen-bond donors (Lipinski definition) is 3. The van der Waals surface area contributed by atoms with Crippen LogP contribution in [0.5, 0.6) is 0 Å². The Morgan fingerprint density at radius 1 is 0.982 bits per heavy atom. The second kappa shape index (κ2) is 22.3. The van der Waals surface area contributed by atoms with Gasteiger partial charge in [-0.1, -0.05) is 70.9 Å². The van der Waals surface area contributed by atoms with Gasteiger partial charge in [0, 0.05) is 33.7 Å². The molecule has 13 nitrogen and oxygen atoms in total. The van der Waals surface area contributed by atoms with Gasteiger partial charge < -0.3 is 40.0 Å². The summed E-state index contributed by atoms with van der Waals surface area (Å²) in [6.45, 7) is 17.5. The number of nitrogens with one attached hydrogen (secondary N) is 3. The second-order valence-electron chi connectivity index (χ2n) is 16.4. The number of likely N-dealkylation sites (N-methyl/N-ethyl adjacent to an activating group) is 1. The summed E-state index contributed by atoms with van der Waals surface area (Å²) >= 11 is 0. The maximum Gasteiger partial charge on any atom is 0.329 e. The van der Waals surface area contributed by atoms with Gasteiger partial charge in [0.2, 0.25) is 23.6 Å². The number of rotatable bonds is 22. The minimum absolute atomic E-state index is 0.0124. The summed E-state index contributed by atoms with van der Waals surface area (Å²) in [5.41, 5.74) is -0.711. The van der Waals surface area contributed by atoms with E-state index >= 15 is 0 Å². The number of benzene rings is 1. The largest absolute Gasteiger partial charge is 0.458 e. The van der Waals surface area contributed by atoms with Crippen LogP contribution >= 0.6 is 0 Å². The first-order valence-electron chi connectivity index (χ1n) is 20.0. The first-order chi connectivity index (χ1) is 25.8. The molecule has 3 N–H and O–H groups in total. The van der Waals surface area contributed by atoms with Gasteiger partial charge in [-0.2, -0.15) is 0 Å². The van der Waals surface area contributed by atoms with Crippen molar-refractivity contribution in [2.75, 3.05) is 40.9 Å². The average Bonchev–Trinajstić information content (AvgIpc) is 3.63. The topological polar surface area (TPSA) is 156 Å². The number of methoxy groups -OCH3 is 2. The number of nitrogens with zero attached hydrogens (tertiary/aromatic N) is 2. The highest BCUT2D eigenvalue weighted by Crippen LogP contribution is 2.30. The molecule has 1 fully saturated rings. The van der Waals surface area contributed by atoms with Crippen LogP contribution in [0.15, 0.2) is 30.3 Å². The van der Waals surface area contributed by atoms with Crippen molar-refractivity contribution in [3.63, 3.8) is 0 Å². The van der Waals surface area contributed by atoms with E-state index in [-0.39, 0.29) is 48.9 Å². The molecule has 1 aromatic rings. The number of unbranched alkanes of at least 4 members (excludes halogenated alkanes) is 1. The SMILES string of the molecule is CCCCN(C(=O)CNC(=O)C(C)(C)NC)C(C(C)CC)C(CC(=O)N1CCCC1C(OC)C(C)C(=O)NC(Cc1ccccc1)C(=O)OC(C)(C)C)OC. The molecule has 0 aromatic heterocycles. The van der Waals surface area contributed by atoms with Crippen LogP contribution in [-0.2, 0) is 44.6 Å². The summed E-state index contributed by atoms with van der Waals surface area (Å²) < 4.78 is 17.7. The molecule has 1 saturated heterocycles. The van der Waals surface area contributed by atoms with Crippen molar-refractivity contribution in [3.8, 4) is 0 Å². The zero-order chi connectivity index (χ0) is 41.5. The fourth-order valence-corrected chi connectivity index (χ4v) is 7.12. The fourth-order valence-electron chi connectivity index (χ4n) is 7.12. The van der Waals surface area contributed by atoms with E-state index in [9.17, 15) is 24.0 Å². The van der Waals surface area contributed by atoms with Gasteiger partial charge in [-0.15, -0.1) is 0 Å². The van der Waals surface area contributed by atoms with Crippen LogP contribution < -0.4 is 16.0 Å². The Labute approximate surface area is 330 Å². The van der Waals surface area contributed by atoms with Crippen molar-refractivity contribution in [2.24, 2.45) is 11.8 Å². The Morgan fingerprint density at radius 2 is 1.64 bits per heavy atom. The van der Waals surface area contributed by atoms with Crippen molar-refractivity contribution in [1.29, 1.82) is 0 Å². The van der Waals surface area contributed by atoms with E-state index in [1.807, 2.05) is 37.3 Å². The second-order valence-corrected chi connectivity index (χ2v) is 16.4. The molecule has 55 heavy (non-hydrogen) atoms. The highest BCUT2D eigenvalue weighted by Gasteiger charge is 2.43. The van der Waals surface area contributed by atoms with Crippen LogP contribution in [-0.4, -0.2) is 122 Å². The summed E-state index contributed by atoms with van der Waals surface area (Å²) in [4.78, 5) is 71.7. The van der Waals surface area contributed by atoms with Gasteiger partial charge in [-0.25, -0.2) is 4.79 Å². The third-order valence-electron chi connectivity index (χ3n) is 10.8. The van der Waals surface area contributed by atoms with Crippen molar-refractivity contribution in [3.05, 3.63) is 35.9 Å². The molecule has 7 atom stereocenters. The normalized spacial score (nSPS) is 18.0. The fraction of sp³-hybridized carbons (Fsp3) is 0.738. The van der Waals surface area contributed by atoms with Gasteiger partial charge in [-0.05, 0) is 72.4 Å². The molecule has 0 spiro atoms. The highest BCUT2D eigenvalue weighted by atomic mass is 16.6. The quantitative estimate of drug-likeness (QED) is 0.147. The van der Waals surface area contributed by atoms with E-state index < -0.39 is 53.4 Å². The first-order valence-corrected chi connectivity index (χ1v) is 20.0. The molecule has 4 amide bonds. The monoisotopic (exact) mass is 774 g/mol. The molecule has 2 rings (SSSR count). The Balaban J connectivity index is 2.31. The van der Waals surface area contributed by atoms with E-state index in [4.69, 9.17) is 14.2 Å². The van der Waals surface area contributed by atoms with E-state index in [2.05, 4.69) is 29.8 Å². The molecule has 0 saturated carbocycles. The van der Waals surface area contributed by atoms with E-state index in [0.29, 0.717) is 19.5 Å². The Bertz CT molecular complexity index is 1380. The third kappa shape index (κ3) is 14.2. The van der Waals surface area contributed by atoms with Crippen molar-refractivity contribution in [2.45, 2.75) is 149 Å². The molecule has 13 heteroatoms. The van der Waals surface area contributed by atoms with Gasteiger partial charge in [0.25, 0.3) is 0 Å². The highest BCUT2D eigenvalue weighted by molar-refractivity contribution is 5.90. The summed E-state index contributed by atoms with van der Waals surface area (Å²) in [5, 5.41) is 8.68. The number of amides is 4. The standard InChI is InChI=1S/C42H71N5O8/c1-13-15-23-47(35(49)27-44-40(52)42(8,9)43-10)36(28(3)14-2)33(53-11)26-34(48)46-24-19-22-32(46)37(54-12)29(4)38(50)45-31(39(51)55-41(5,6)7)25-30-20-17-16-18-21-30/h16-18,20-21,28-29,31-33,36-37,43H,13-15,19,22-27H2,1-12H3,(H,44,52)(H,45,50). The van der Waals surface area contributed by atoms with Gasteiger partial charge in [0.1, 0.15) is 11.6 Å². The molecule has 0 aliphatic carbocycles. The Kier molecular flexibility index (Phi) is 19.3. The van der Waals surface area contributed by atoms with Gasteiger partial charge in [-0.3, -0.25) is 19.2 Å². The van der Waals surface area contributed by atoms with Crippen molar-refractivity contribution >= 4 is 29.6 Å². The van der Waals surface area contributed by atoms with Crippen LogP contribution in [0.1, 0.15) is 106 Å². The van der Waals surface area contributed by atoms with Crippen LogP contribution in [0.3, 0.4) is 0 Å². The number of likely N-dealkylation sites (tertiary alicyclic amines) is 1. The summed E-state index contributed by atoms with van der Waals surface area (Å²) in [5.74, 6) is -2.30. The molecule has 0 radical (unpaired) electrons. The van der Waals surface area contributed by atoms with E-state index in [0.717, 1.165) is 31.2 Å². The van der Waals surface area contributed by atoms with Gasteiger partial charge in [0.05, 0.1) is 48.7 Å². The molecule has 1 aliphatic heterocycles. The van der Waals surface area contributed by atoms with Crippen LogP contribution in [0.25, 0.3) is 0 Å². The zero-order valence-electron chi connectivity index (χ0n) is 35.7. The lowest BCUT2D eigenvalue weighted by molar-refractivity contribution is -0.159. The predicted molar refractivity (Wildman–Crippen MR) is 214 cm³/mol. The molecule has 1 aromatic carbocycles.